The van der Waals surface area contributed by atoms with Gasteiger partial charge in [0.25, 0.3) is 5.91 Å². The molecule has 1 saturated heterocycles. The van der Waals surface area contributed by atoms with Crippen LogP contribution in [-0.4, -0.2) is 29.6 Å². The van der Waals surface area contributed by atoms with Gasteiger partial charge < -0.3 is 4.90 Å². The molecule has 2 heterocycles. The Morgan fingerprint density at radius 2 is 2.00 bits per heavy atom. The van der Waals surface area contributed by atoms with Gasteiger partial charge in [0.15, 0.2) is 0 Å². The number of rotatable bonds is 2. The average molecular weight is 429 g/mol. The number of carbonyl (C=O) groups is 1. The number of hydrogen-bond donors (Lipinski definition) is 0. The van der Waals surface area contributed by atoms with Crippen LogP contribution in [0, 0.1) is 3.57 Å². The molecule has 1 aliphatic heterocycles. The lowest BCUT2D eigenvalue weighted by molar-refractivity contribution is 0.0766. The molecule has 2 nitrogen and oxygen atoms in total. The number of thioether (sulfide) groups is 1. The Morgan fingerprint density at radius 3 is 2.71 bits per heavy atom. The molecule has 1 aromatic carbocycles. The van der Waals surface area contributed by atoms with E-state index in [0.717, 1.165) is 34.4 Å². The van der Waals surface area contributed by atoms with Crippen LogP contribution in [0.4, 0.5) is 0 Å². The molecule has 5 heteroatoms. The highest BCUT2D eigenvalue weighted by Crippen LogP contribution is 2.36. The van der Waals surface area contributed by atoms with Gasteiger partial charge in [-0.2, -0.15) is 11.8 Å². The first kappa shape index (κ1) is 15.4. The zero-order valence-electron chi connectivity index (χ0n) is 11.5. The predicted molar refractivity (Wildman–Crippen MR) is 99.2 cm³/mol. The maximum absolute atomic E-state index is 12.6. The third-order valence-electron chi connectivity index (χ3n) is 3.58. The summed E-state index contributed by atoms with van der Waals surface area (Å²) < 4.78 is 1.16. The van der Waals surface area contributed by atoms with E-state index in [1.54, 1.807) is 0 Å². The van der Waals surface area contributed by atoms with Gasteiger partial charge in [0, 0.05) is 38.1 Å². The fourth-order valence-electron chi connectivity index (χ4n) is 2.45. The molecular weight excluding hydrogens is 413 g/mol. The van der Waals surface area contributed by atoms with Crippen molar-refractivity contribution in [3.05, 3.63) is 55.8 Å². The van der Waals surface area contributed by atoms with E-state index in [0.29, 0.717) is 5.25 Å². The van der Waals surface area contributed by atoms with Gasteiger partial charge in [0.05, 0.1) is 0 Å². The summed E-state index contributed by atoms with van der Waals surface area (Å²) in [6.07, 6.45) is 1.04. The largest absolute Gasteiger partial charge is 0.338 e. The Bertz CT molecular complexity index is 597. The summed E-state index contributed by atoms with van der Waals surface area (Å²) in [5, 5.41) is 2.68. The van der Waals surface area contributed by atoms with Crippen LogP contribution in [0.25, 0.3) is 0 Å². The van der Waals surface area contributed by atoms with Crippen molar-refractivity contribution >= 4 is 51.6 Å². The first-order valence-corrected chi connectivity index (χ1v) is 9.94. The van der Waals surface area contributed by atoms with Crippen LogP contribution in [0.3, 0.4) is 0 Å². The van der Waals surface area contributed by atoms with Crippen LogP contribution in [0.1, 0.15) is 26.9 Å². The topological polar surface area (TPSA) is 20.3 Å². The zero-order chi connectivity index (χ0) is 14.7. The van der Waals surface area contributed by atoms with Crippen molar-refractivity contribution in [1.82, 2.24) is 4.90 Å². The van der Waals surface area contributed by atoms with Crippen molar-refractivity contribution in [3.63, 3.8) is 0 Å². The van der Waals surface area contributed by atoms with Crippen molar-refractivity contribution in [2.24, 2.45) is 0 Å². The number of nitrogens with zero attached hydrogens (tertiary/aromatic N) is 1. The lowest BCUT2D eigenvalue weighted by atomic mass is 10.2. The minimum Gasteiger partial charge on any atom is -0.338 e. The molecule has 0 N–H and O–H groups in total. The van der Waals surface area contributed by atoms with Crippen LogP contribution >= 0.6 is 45.7 Å². The molecule has 1 unspecified atom stereocenters. The first-order valence-electron chi connectivity index (χ1n) is 6.94. The van der Waals surface area contributed by atoms with Crippen molar-refractivity contribution in [1.29, 1.82) is 0 Å². The van der Waals surface area contributed by atoms with E-state index >= 15 is 0 Å². The lowest BCUT2D eigenvalue weighted by Crippen LogP contribution is -2.32. The molecule has 1 amide bonds. The monoisotopic (exact) mass is 429 g/mol. The highest BCUT2D eigenvalue weighted by atomic mass is 127. The molecule has 0 bridgehead atoms. The van der Waals surface area contributed by atoms with E-state index in [4.69, 9.17) is 0 Å². The number of amides is 1. The van der Waals surface area contributed by atoms with Crippen LogP contribution in [-0.2, 0) is 0 Å². The first-order chi connectivity index (χ1) is 10.2. The summed E-state index contributed by atoms with van der Waals surface area (Å²) in [6, 6.07) is 12.2. The summed E-state index contributed by atoms with van der Waals surface area (Å²) in [5.74, 6) is 1.18. The fraction of sp³-hybridized carbons (Fsp3) is 0.312. The standard InChI is InChI=1S/C16H16INOS2/c17-13-5-3-12(4-6-13)16(19)18-8-7-15(21-11-9-18)14-2-1-10-20-14/h1-6,10,15H,7-9,11H2. The van der Waals surface area contributed by atoms with E-state index in [9.17, 15) is 4.79 Å². The van der Waals surface area contributed by atoms with Crippen LogP contribution in [0.5, 0.6) is 0 Å². The van der Waals surface area contributed by atoms with Crippen molar-refractivity contribution in [2.75, 3.05) is 18.8 Å². The number of hydrogen-bond acceptors (Lipinski definition) is 3. The lowest BCUT2D eigenvalue weighted by Gasteiger charge is -2.20. The number of carbonyl (C=O) groups excluding carboxylic acids is 1. The third kappa shape index (κ3) is 3.81. The maximum Gasteiger partial charge on any atom is 0.253 e. The predicted octanol–water partition coefficient (Wildman–Crippen LogP) is 4.67. The van der Waals surface area contributed by atoms with E-state index in [1.807, 2.05) is 52.3 Å². The van der Waals surface area contributed by atoms with E-state index in [2.05, 4.69) is 40.1 Å². The van der Waals surface area contributed by atoms with Gasteiger partial charge in [-0.15, -0.1) is 11.3 Å². The summed E-state index contributed by atoms with van der Waals surface area (Å²) in [7, 11) is 0. The van der Waals surface area contributed by atoms with Gasteiger partial charge in [0.1, 0.15) is 0 Å². The fourth-order valence-corrected chi connectivity index (χ4v) is 5.05. The molecule has 1 aliphatic rings. The summed E-state index contributed by atoms with van der Waals surface area (Å²) >= 11 is 6.06. The zero-order valence-corrected chi connectivity index (χ0v) is 15.3. The third-order valence-corrected chi connectivity index (χ3v) is 6.74. The molecule has 0 aliphatic carbocycles. The summed E-state index contributed by atoms with van der Waals surface area (Å²) in [5.41, 5.74) is 0.801. The Morgan fingerprint density at radius 1 is 1.19 bits per heavy atom. The summed E-state index contributed by atoms with van der Waals surface area (Å²) in [6.45, 7) is 1.69. The Labute approximate surface area is 147 Å². The number of halogens is 1. The quantitative estimate of drug-likeness (QED) is 0.647. The van der Waals surface area contributed by atoms with Gasteiger partial charge in [-0.3, -0.25) is 4.79 Å². The minimum absolute atomic E-state index is 0.166. The second-order valence-electron chi connectivity index (χ2n) is 4.96. The second kappa shape index (κ2) is 7.15. The Balaban J connectivity index is 1.67. The molecule has 0 spiro atoms. The van der Waals surface area contributed by atoms with Crippen molar-refractivity contribution < 1.29 is 4.79 Å². The van der Waals surface area contributed by atoms with Crippen LogP contribution < -0.4 is 0 Å². The molecule has 0 saturated carbocycles. The Hall–Kier alpha value is -0.530. The highest BCUT2D eigenvalue weighted by molar-refractivity contribution is 14.1. The molecular formula is C16H16INOS2. The SMILES string of the molecule is O=C(c1ccc(I)cc1)N1CCSC(c2cccs2)CC1. The van der Waals surface area contributed by atoms with E-state index in [1.165, 1.54) is 4.88 Å². The molecule has 1 aromatic heterocycles. The number of thiophene rings is 1. The number of benzene rings is 1. The molecule has 3 rings (SSSR count). The molecule has 2 aromatic rings. The molecule has 0 radical (unpaired) electrons. The smallest absolute Gasteiger partial charge is 0.253 e. The van der Waals surface area contributed by atoms with Crippen LogP contribution in [0.2, 0.25) is 0 Å². The second-order valence-corrected chi connectivity index (χ2v) is 8.50. The van der Waals surface area contributed by atoms with Crippen molar-refractivity contribution in [2.45, 2.75) is 11.7 Å². The van der Waals surface area contributed by atoms with Crippen LogP contribution in [0.15, 0.2) is 41.8 Å². The van der Waals surface area contributed by atoms with Gasteiger partial charge in [-0.05, 0) is 64.7 Å². The van der Waals surface area contributed by atoms with E-state index in [-0.39, 0.29) is 5.91 Å². The summed E-state index contributed by atoms with van der Waals surface area (Å²) in [4.78, 5) is 16.0. The van der Waals surface area contributed by atoms with Gasteiger partial charge >= 0.3 is 0 Å². The molecule has 21 heavy (non-hydrogen) atoms. The minimum atomic E-state index is 0.166. The van der Waals surface area contributed by atoms with Gasteiger partial charge in [0.2, 0.25) is 0 Å². The average Bonchev–Trinajstić information content (AvgIpc) is 2.92. The van der Waals surface area contributed by atoms with Gasteiger partial charge in [-0.25, -0.2) is 0 Å². The highest BCUT2D eigenvalue weighted by Gasteiger charge is 2.23. The maximum atomic E-state index is 12.6. The van der Waals surface area contributed by atoms with E-state index < -0.39 is 0 Å². The molecule has 1 atom stereocenters. The Kier molecular flexibility index (Phi) is 5.24. The normalized spacial score (nSPS) is 19.3. The molecule has 110 valence electrons. The molecule has 1 fully saturated rings. The van der Waals surface area contributed by atoms with Crippen molar-refractivity contribution in [3.8, 4) is 0 Å². The van der Waals surface area contributed by atoms with Gasteiger partial charge in [-0.1, -0.05) is 6.07 Å².